The molecule has 0 saturated carbocycles. The summed E-state index contributed by atoms with van der Waals surface area (Å²) in [5.41, 5.74) is 1.66. The van der Waals surface area contributed by atoms with E-state index < -0.39 is 10.0 Å². The Morgan fingerprint density at radius 3 is 2.76 bits per heavy atom. The number of hydrogen-bond donors (Lipinski definition) is 1. The summed E-state index contributed by atoms with van der Waals surface area (Å²) in [6, 6.07) is 11.3. The highest BCUT2D eigenvalue weighted by atomic mass is 79.9. The zero-order valence-corrected chi connectivity index (χ0v) is 14.0. The molecule has 2 aromatic heterocycles. The van der Waals surface area contributed by atoms with E-state index >= 15 is 0 Å². The minimum absolute atomic E-state index is 0.209. The predicted molar refractivity (Wildman–Crippen MR) is 87.8 cm³/mol. The Balaban J connectivity index is 1.89. The number of para-hydroxylation sites is 1. The van der Waals surface area contributed by atoms with Gasteiger partial charge < -0.3 is 0 Å². The van der Waals surface area contributed by atoms with Crippen molar-refractivity contribution in [3.8, 4) is 0 Å². The van der Waals surface area contributed by atoms with Crippen molar-refractivity contribution in [3.63, 3.8) is 0 Å². The minimum Gasteiger partial charge on any atom is -0.256 e. The number of aromatic nitrogens is 1. The third-order valence-electron chi connectivity index (χ3n) is 3.00. The molecule has 4 nitrogen and oxygen atoms in total. The molecule has 0 fully saturated rings. The normalized spacial score (nSPS) is 11.9. The average Bonchev–Trinajstić information content (AvgIpc) is 2.92. The van der Waals surface area contributed by atoms with Crippen LogP contribution < -0.4 is 4.72 Å². The number of sulfonamides is 1. The smallest absolute Gasteiger partial charge is 0.251 e. The van der Waals surface area contributed by atoms with Crippen molar-refractivity contribution in [2.45, 2.75) is 10.8 Å². The van der Waals surface area contributed by atoms with Crippen LogP contribution in [0.4, 0.5) is 0 Å². The zero-order chi connectivity index (χ0) is 14.9. The van der Waals surface area contributed by atoms with Gasteiger partial charge in [0.15, 0.2) is 0 Å². The van der Waals surface area contributed by atoms with Crippen LogP contribution in [-0.2, 0) is 16.6 Å². The highest BCUT2D eigenvalue weighted by Crippen LogP contribution is 2.27. The minimum atomic E-state index is -3.52. The summed E-state index contributed by atoms with van der Waals surface area (Å²) in [7, 11) is -3.52. The second kappa shape index (κ2) is 5.84. The van der Waals surface area contributed by atoms with Gasteiger partial charge in [-0.1, -0.05) is 24.3 Å². The van der Waals surface area contributed by atoms with Crippen LogP contribution in [0.15, 0.2) is 56.7 Å². The first-order valence-corrected chi connectivity index (χ1v) is 9.29. The van der Waals surface area contributed by atoms with Crippen molar-refractivity contribution in [1.82, 2.24) is 9.71 Å². The van der Waals surface area contributed by atoms with Gasteiger partial charge in [-0.15, -0.1) is 11.3 Å². The van der Waals surface area contributed by atoms with Crippen LogP contribution in [0, 0.1) is 0 Å². The molecule has 0 radical (unpaired) electrons. The quantitative estimate of drug-likeness (QED) is 0.750. The lowest BCUT2D eigenvalue weighted by atomic mass is 10.1. The van der Waals surface area contributed by atoms with E-state index in [9.17, 15) is 8.42 Å². The van der Waals surface area contributed by atoms with E-state index in [0.29, 0.717) is 4.47 Å². The van der Waals surface area contributed by atoms with Crippen molar-refractivity contribution < 1.29 is 8.42 Å². The van der Waals surface area contributed by atoms with Gasteiger partial charge in [0.2, 0.25) is 0 Å². The molecule has 0 unspecified atom stereocenters. The van der Waals surface area contributed by atoms with Gasteiger partial charge in [-0.25, -0.2) is 13.1 Å². The van der Waals surface area contributed by atoms with Crippen LogP contribution in [0.25, 0.3) is 10.9 Å². The Bertz CT molecular complexity index is 885. The number of thiophene rings is 1. The molecule has 0 aliphatic heterocycles. The number of fused-ring (bicyclic) bond motifs is 1. The Labute approximate surface area is 135 Å². The van der Waals surface area contributed by atoms with E-state index in [1.54, 1.807) is 17.6 Å². The van der Waals surface area contributed by atoms with Gasteiger partial charge in [-0.3, -0.25) is 4.98 Å². The molecule has 0 amide bonds. The van der Waals surface area contributed by atoms with Gasteiger partial charge >= 0.3 is 0 Å². The van der Waals surface area contributed by atoms with E-state index in [1.165, 1.54) is 11.3 Å². The number of benzene rings is 1. The topological polar surface area (TPSA) is 59.1 Å². The second-order valence-corrected chi connectivity index (χ2v) is 8.11. The molecular formula is C14H11BrN2O2S2. The lowest BCUT2D eigenvalue weighted by molar-refractivity contribution is 0.583. The summed E-state index contributed by atoms with van der Waals surface area (Å²) >= 11 is 4.43. The fourth-order valence-electron chi connectivity index (χ4n) is 2.02. The summed E-state index contributed by atoms with van der Waals surface area (Å²) in [4.78, 5) is 4.32. The van der Waals surface area contributed by atoms with E-state index in [4.69, 9.17) is 0 Å². The van der Waals surface area contributed by atoms with Crippen LogP contribution in [-0.4, -0.2) is 13.4 Å². The third kappa shape index (κ3) is 3.01. The number of halogens is 1. The maximum atomic E-state index is 12.3. The molecule has 2 heterocycles. The molecule has 21 heavy (non-hydrogen) atoms. The fraction of sp³-hybridized carbons (Fsp3) is 0.0714. The van der Waals surface area contributed by atoms with Crippen molar-refractivity contribution in [1.29, 1.82) is 0 Å². The number of rotatable bonds is 4. The summed E-state index contributed by atoms with van der Waals surface area (Å²) in [6.45, 7) is 0.209. The fourth-order valence-corrected chi connectivity index (χ4v) is 5.41. The standard InChI is InChI=1S/C14H11BrN2O2S2/c15-12-6-8-20-14(12)21(18,19)17-9-11-4-1-3-10-5-2-7-16-13(10)11/h1-8,17H,9H2. The molecule has 0 bridgehead atoms. The predicted octanol–water partition coefficient (Wildman–Crippen LogP) is 3.54. The Kier molecular flexibility index (Phi) is 4.08. The molecule has 0 aliphatic carbocycles. The van der Waals surface area contributed by atoms with Gasteiger partial charge in [0.1, 0.15) is 4.21 Å². The Morgan fingerprint density at radius 1 is 1.19 bits per heavy atom. The largest absolute Gasteiger partial charge is 0.256 e. The van der Waals surface area contributed by atoms with Crippen molar-refractivity contribution in [2.24, 2.45) is 0 Å². The number of pyridine rings is 1. The highest BCUT2D eigenvalue weighted by molar-refractivity contribution is 9.10. The molecule has 7 heteroatoms. The van der Waals surface area contributed by atoms with E-state index in [1.807, 2.05) is 30.3 Å². The summed E-state index contributed by atoms with van der Waals surface area (Å²) < 4.78 is 28.0. The lowest BCUT2D eigenvalue weighted by Gasteiger charge is -2.08. The van der Waals surface area contributed by atoms with Gasteiger partial charge in [-0.05, 0) is 39.0 Å². The first-order chi connectivity index (χ1) is 10.1. The number of nitrogens with zero attached hydrogens (tertiary/aromatic N) is 1. The first kappa shape index (κ1) is 14.6. The molecule has 3 aromatic rings. The molecule has 0 aliphatic rings. The SMILES string of the molecule is O=S(=O)(NCc1cccc2cccnc12)c1sccc1Br. The van der Waals surface area contributed by atoms with Crippen molar-refractivity contribution >= 4 is 48.2 Å². The van der Waals surface area contributed by atoms with Gasteiger partial charge in [0, 0.05) is 22.6 Å². The van der Waals surface area contributed by atoms with Crippen molar-refractivity contribution in [3.05, 3.63) is 58.0 Å². The maximum Gasteiger partial charge on any atom is 0.251 e. The molecule has 1 aromatic carbocycles. The zero-order valence-electron chi connectivity index (χ0n) is 10.8. The summed E-state index contributed by atoms with van der Waals surface area (Å²) in [5.74, 6) is 0. The Morgan fingerprint density at radius 2 is 2.00 bits per heavy atom. The molecule has 0 spiro atoms. The second-order valence-electron chi connectivity index (χ2n) is 4.37. The average molecular weight is 383 g/mol. The summed E-state index contributed by atoms with van der Waals surface area (Å²) in [5, 5.41) is 2.73. The van der Waals surface area contributed by atoms with Gasteiger partial charge in [0.25, 0.3) is 10.0 Å². The van der Waals surface area contributed by atoms with Crippen molar-refractivity contribution in [2.75, 3.05) is 0 Å². The van der Waals surface area contributed by atoms with Crippen LogP contribution >= 0.6 is 27.3 Å². The molecule has 1 N–H and O–H groups in total. The monoisotopic (exact) mass is 382 g/mol. The van der Waals surface area contributed by atoms with Gasteiger partial charge in [-0.2, -0.15) is 0 Å². The molecule has 108 valence electrons. The third-order valence-corrected chi connectivity index (χ3v) is 7.07. The van der Waals surface area contributed by atoms with E-state index in [-0.39, 0.29) is 10.8 Å². The first-order valence-electron chi connectivity index (χ1n) is 6.13. The van der Waals surface area contributed by atoms with Crippen LogP contribution in [0.1, 0.15) is 5.56 Å². The summed E-state index contributed by atoms with van der Waals surface area (Å²) in [6.07, 6.45) is 1.70. The van der Waals surface area contributed by atoms with Crippen LogP contribution in [0.2, 0.25) is 0 Å². The molecule has 3 rings (SSSR count). The number of hydrogen-bond acceptors (Lipinski definition) is 4. The van der Waals surface area contributed by atoms with Gasteiger partial charge in [0.05, 0.1) is 5.52 Å². The van der Waals surface area contributed by atoms with Crippen LogP contribution in [0.5, 0.6) is 0 Å². The maximum absolute atomic E-state index is 12.3. The highest BCUT2D eigenvalue weighted by Gasteiger charge is 2.19. The number of nitrogens with one attached hydrogen (secondary N) is 1. The van der Waals surface area contributed by atoms with E-state index in [0.717, 1.165) is 16.5 Å². The Hall–Kier alpha value is -1.28. The van der Waals surface area contributed by atoms with Crippen LogP contribution in [0.3, 0.4) is 0 Å². The molecular weight excluding hydrogens is 372 g/mol. The molecule has 0 saturated heterocycles. The lowest BCUT2D eigenvalue weighted by Crippen LogP contribution is -2.22. The molecule has 0 atom stereocenters. The van der Waals surface area contributed by atoms with E-state index in [2.05, 4.69) is 25.6 Å².